The van der Waals surface area contributed by atoms with Crippen molar-refractivity contribution in [2.75, 3.05) is 5.73 Å². The lowest BCUT2D eigenvalue weighted by atomic mass is 10.2. The van der Waals surface area contributed by atoms with E-state index in [1.54, 1.807) is 0 Å². The van der Waals surface area contributed by atoms with Crippen LogP contribution in [-0.4, -0.2) is 4.98 Å². The van der Waals surface area contributed by atoms with Gasteiger partial charge in [0.1, 0.15) is 0 Å². The molecule has 0 atom stereocenters. The van der Waals surface area contributed by atoms with Crippen LogP contribution in [0.2, 0.25) is 0 Å². The zero-order chi connectivity index (χ0) is 9.35. The predicted molar refractivity (Wildman–Crippen MR) is 38.4 cm³/mol. The number of rotatable bonds is 0. The van der Waals surface area contributed by atoms with Gasteiger partial charge in [0.15, 0.2) is 5.69 Å². The lowest BCUT2D eigenvalue weighted by Crippen LogP contribution is -2.12. The van der Waals surface area contributed by atoms with Gasteiger partial charge in [-0.3, -0.25) is 0 Å². The Balaban J connectivity index is 3.23. The van der Waals surface area contributed by atoms with Crippen LogP contribution in [0.15, 0.2) is 12.1 Å². The molecule has 0 saturated heterocycles. The summed E-state index contributed by atoms with van der Waals surface area (Å²) in [7, 11) is 0. The largest absolute Gasteiger partial charge is 0.435 e. The first kappa shape index (κ1) is 8.83. The van der Waals surface area contributed by atoms with Crippen molar-refractivity contribution in [2.24, 2.45) is 0 Å². The standard InChI is InChI=1S/C7H7F3N2/c1-4-2-3-5(11)6(12-4)7(8,9)10/h2-3H,11H2,1H3. The number of alkyl halides is 3. The summed E-state index contributed by atoms with van der Waals surface area (Å²) in [6, 6.07) is 2.63. The number of nitrogen functional groups attached to an aromatic ring is 1. The van der Waals surface area contributed by atoms with E-state index in [4.69, 9.17) is 5.73 Å². The number of halogens is 3. The molecule has 2 nitrogen and oxygen atoms in total. The highest BCUT2D eigenvalue weighted by Gasteiger charge is 2.34. The normalized spacial score (nSPS) is 11.7. The number of nitrogens with zero attached hydrogens (tertiary/aromatic N) is 1. The maximum Gasteiger partial charge on any atom is 0.435 e. The van der Waals surface area contributed by atoms with Crippen molar-refractivity contribution in [3.63, 3.8) is 0 Å². The maximum atomic E-state index is 12.1. The highest BCUT2D eigenvalue weighted by atomic mass is 19.4. The summed E-state index contributed by atoms with van der Waals surface area (Å²) in [6.07, 6.45) is -4.46. The van der Waals surface area contributed by atoms with Gasteiger partial charge in [0.05, 0.1) is 5.69 Å². The van der Waals surface area contributed by atoms with E-state index in [2.05, 4.69) is 4.98 Å². The van der Waals surface area contributed by atoms with Gasteiger partial charge in [-0.05, 0) is 19.1 Å². The van der Waals surface area contributed by atoms with Crippen molar-refractivity contribution in [1.82, 2.24) is 4.98 Å². The molecule has 1 heterocycles. The smallest absolute Gasteiger partial charge is 0.397 e. The Kier molecular flexibility index (Phi) is 1.95. The zero-order valence-corrected chi connectivity index (χ0v) is 6.31. The second kappa shape index (κ2) is 2.66. The van der Waals surface area contributed by atoms with E-state index in [-0.39, 0.29) is 5.69 Å². The molecular formula is C7H7F3N2. The van der Waals surface area contributed by atoms with E-state index in [0.29, 0.717) is 5.69 Å². The predicted octanol–water partition coefficient (Wildman–Crippen LogP) is 1.99. The third-order valence-electron chi connectivity index (χ3n) is 1.33. The number of aryl methyl sites for hydroxylation is 1. The van der Waals surface area contributed by atoms with Crippen LogP contribution in [0.5, 0.6) is 0 Å². The number of anilines is 1. The minimum absolute atomic E-state index is 0.302. The van der Waals surface area contributed by atoms with Gasteiger partial charge in [-0.25, -0.2) is 4.98 Å². The van der Waals surface area contributed by atoms with Gasteiger partial charge in [0, 0.05) is 5.69 Å². The van der Waals surface area contributed by atoms with Crippen molar-refractivity contribution in [1.29, 1.82) is 0 Å². The molecule has 0 aliphatic carbocycles. The lowest BCUT2D eigenvalue weighted by molar-refractivity contribution is -0.140. The zero-order valence-electron chi connectivity index (χ0n) is 6.31. The van der Waals surface area contributed by atoms with Gasteiger partial charge in [-0.15, -0.1) is 0 Å². The molecule has 0 radical (unpaired) electrons. The van der Waals surface area contributed by atoms with Gasteiger partial charge < -0.3 is 5.73 Å². The topological polar surface area (TPSA) is 38.9 Å². The number of pyridine rings is 1. The fraction of sp³-hybridized carbons (Fsp3) is 0.286. The molecule has 66 valence electrons. The molecule has 12 heavy (non-hydrogen) atoms. The molecule has 0 saturated carbocycles. The molecule has 0 unspecified atom stereocenters. The molecule has 0 spiro atoms. The van der Waals surface area contributed by atoms with Crippen LogP contribution in [0, 0.1) is 6.92 Å². The van der Waals surface area contributed by atoms with Crippen LogP contribution >= 0.6 is 0 Å². The van der Waals surface area contributed by atoms with Crippen molar-refractivity contribution in [3.8, 4) is 0 Å². The molecule has 5 heteroatoms. The quantitative estimate of drug-likeness (QED) is 0.656. The summed E-state index contributed by atoms with van der Waals surface area (Å²) in [4.78, 5) is 3.29. The molecule has 1 aromatic heterocycles. The molecular weight excluding hydrogens is 169 g/mol. The fourth-order valence-electron chi connectivity index (χ4n) is 0.795. The van der Waals surface area contributed by atoms with E-state index in [1.165, 1.54) is 19.1 Å². The Hall–Kier alpha value is -1.26. The molecule has 0 aliphatic heterocycles. The third-order valence-corrected chi connectivity index (χ3v) is 1.33. The highest BCUT2D eigenvalue weighted by Crippen LogP contribution is 2.31. The van der Waals surface area contributed by atoms with Crippen LogP contribution in [-0.2, 0) is 6.18 Å². The van der Waals surface area contributed by atoms with Crippen LogP contribution in [0.3, 0.4) is 0 Å². The van der Waals surface area contributed by atoms with Crippen LogP contribution < -0.4 is 5.73 Å². The van der Waals surface area contributed by atoms with Crippen LogP contribution in [0.25, 0.3) is 0 Å². The molecule has 0 fully saturated rings. The minimum Gasteiger partial charge on any atom is -0.397 e. The van der Waals surface area contributed by atoms with E-state index < -0.39 is 11.9 Å². The van der Waals surface area contributed by atoms with Crippen molar-refractivity contribution >= 4 is 5.69 Å². The van der Waals surface area contributed by atoms with E-state index in [0.717, 1.165) is 0 Å². The van der Waals surface area contributed by atoms with Gasteiger partial charge in [-0.2, -0.15) is 13.2 Å². The average molecular weight is 176 g/mol. The Bertz CT molecular complexity index is 293. The maximum absolute atomic E-state index is 12.1. The second-order valence-electron chi connectivity index (χ2n) is 2.39. The third kappa shape index (κ3) is 1.66. The molecule has 0 aromatic carbocycles. The lowest BCUT2D eigenvalue weighted by Gasteiger charge is -2.08. The number of nitrogens with two attached hydrogens (primary N) is 1. The summed E-state index contributed by atoms with van der Waals surface area (Å²) in [5, 5.41) is 0. The van der Waals surface area contributed by atoms with Gasteiger partial charge in [0.2, 0.25) is 0 Å². The minimum atomic E-state index is -4.46. The van der Waals surface area contributed by atoms with Gasteiger partial charge in [-0.1, -0.05) is 0 Å². The van der Waals surface area contributed by atoms with Gasteiger partial charge in [0.25, 0.3) is 0 Å². The van der Waals surface area contributed by atoms with E-state index in [1.807, 2.05) is 0 Å². The molecule has 2 N–H and O–H groups in total. The number of hydrogen-bond donors (Lipinski definition) is 1. The highest BCUT2D eigenvalue weighted by molar-refractivity contribution is 5.44. The molecule has 0 bridgehead atoms. The van der Waals surface area contributed by atoms with Gasteiger partial charge >= 0.3 is 6.18 Å². The molecule has 1 aromatic rings. The van der Waals surface area contributed by atoms with Crippen LogP contribution in [0.4, 0.5) is 18.9 Å². The van der Waals surface area contributed by atoms with Crippen molar-refractivity contribution in [3.05, 3.63) is 23.5 Å². The molecule has 0 amide bonds. The average Bonchev–Trinajstić information content (AvgIpc) is 1.92. The van der Waals surface area contributed by atoms with Crippen molar-refractivity contribution < 1.29 is 13.2 Å². The Morgan fingerprint density at radius 3 is 2.33 bits per heavy atom. The summed E-state index contributed by atoms with van der Waals surface area (Å²) in [5.74, 6) is 0. The molecule has 1 rings (SSSR count). The van der Waals surface area contributed by atoms with Crippen LogP contribution in [0.1, 0.15) is 11.4 Å². The number of aromatic nitrogens is 1. The first-order valence-corrected chi connectivity index (χ1v) is 3.21. The Labute approximate surface area is 67.2 Å². The Morgan fingerprint density at radius 1 is 1.33 bits per heavy atom. The molecule has 0 aliphatic rings. The Morgan fingerprint density at radius 2 is 1.92 bits per heavy atom. The first-order chi connectivity index (χ1) is 5.41. The first-order valence-electron chi connectivity index (χ1n) is 3.21. The summed E-state index contributed by atoms with van der Waals surface area (Å²) < 4.78 is 36.3. The second-order valence-corrected chi connectivity index (χ2v) is 2.39. The SMILES string of the molecule is Cc1ccc(N)c(C(F)(F)F)n1. The number of hydrogen-bond acceptors (Lipinski definition) is 2. The fourth-order valence-corrected chi connectivity index (χ4v) is 0.795. The van der Waals surface area contributed by atoms with E-state index >= 15 is 0 Å². The summed E-state index contributed by atoms with van der Waals surface area (Å²) in [6.45, 7) is 1.48. The monoisotopic (exact) mass is 176 g/mol. The van der Waals surface area contributed by atoms with Crippen molar-refractivity contribution in [2.45, 2.75) is 13.1 Å². The van der Waals surface area contributed by atoms with E-state index in [9.17, 15) is 13.2 Å². The summed E-state index contributed by atoms with van der Waals surface area (Å²) >= 11 is 0. The summed E-state index contributed by atoms with van der Waals surface area (Å²) in [5.41, 5.74) is 4.04.